The van der Waals surface area contributed by atoms with E-state index in [1.807, 2.05) is 0 Å². The van der Waals surface area contributed by atoms with Crippen LogP contribution in [0.4, 0.5) is 18.9 Å². The van der Waals surface area contributed by atoms with Gasteiger partial charge in [0.25, 0.3) is 0 Å². The molecule has 29 heavy (non-hydrogen) atoms. The van der Waals surface area contributed by atoms with Gasteiger partial charge < -0.3 is 0 Å². The van der Waals surface area contributed by atoms with E-state index in [0.29, 0.717) is 22.0 Å². The first-order chi connectivity index (χ1) is 13.6. The zero-order chi connectivity index (χ0) is 21.3. The van der Waals surface area contributed by atoms with Crippen LogP contribution in [0.3, 0.4) is 0 Å². The van der Waals surface area contributed by atoms with Gasteiger partial charge in [0, 0.05) is 5.02 Å². The molecule has 3 rings (SSSR count). The average molecular weight is 482 g/mol. The van der Waals surface area contributed by atoms with Crippen molar-refractivity contribution in [3.63, 3.8) is 0 Å². The zero-order valence-corrected chi connectivity index (χ0v) is 17.6. The molecule has 3 aromatic rings. The Morgan fingerprint density at radius 1 is 1.07 bits per heavy atom. The number of hydrogen-bond donors (Lipinski definition) is 1. The van der Waals surface area contributed by atoms with Gasteiger partial charge in [-0.3, -0.25) is 5.43 Å². The largest absolute Gasteiger partial charge is 0.416 e. The molecular weight excluding hydrogens is 471 g/mol. The smallest absolute Gasteiger partial charge is 0.275 e. The van der Waals surface area contributed by atoms with Crippen LogP contribution in [0.2, 0.25) is 20.2 Å². The summed E-state index contributed by atoms with van der Waals surface area (Å²) < 4.78 is 40.1. The van der Waals surface area contributed by atoms with E-state index >= 15 is 0 Å². The fourth-order valence-corrected chi connectivity index (χ4v) is 3.68. The van der Waals surface area contributed by atoms with E-state index in [1.165, 1.54) is 35.2 Å². The van der Waals surface area contributed by atoms with Crippen molar-refractivity contribution in [2.75, 3.05) is 5.43 Å². The standard InChI is InChI=1S/C18H11Cl4F3N4/c1-9-13(8-26-27-16-14(20)6-11(19)7-15(16)21)17(22)29(28-9)12-4-2-3-10(5-12)18(23,24)25/h2-8,27H,1H3. The third kappa shape index (κ3) is 4.80. The van der Waals surface area contributed by atoms with Gasteiger partial charge in [0.1, 0.15) is 5.15 Å². The molecule has 1 N–H and O–H groups in total. The first kappa shape index (κ1) is 21.8. The molecule has 11 heteroatoms. The lowest BCUT2D eigenvalue weighted by molar-refractivity contribution is -0.137. The molecule has 1 aromatic heterocycles. The molecule has 0 unspecified atom stereocenters. The van der Waals surface area contributed by atoms with E-state index in [1.54, 1.807) is 6.92 Å². The maximum Gasteiger partial charge on any atom is 0.416 e. The molecule has 0 aliphatic carbocycles. The van der Waals surface area contributed by atoms with Crippen LogP contribution >= 0.6 is 46.4 Å². The lowest BCUT2D eigenvalue weighted by atomic mass is 10.2. The van der Waals surface area contributed by atoms with Crippen molar-refractivity contribution in [3.8, 4) is 5.69 Å². The topological polar surface area (TPSA) is 42.2 Å². The maximum atomic E-state index is 13.0. The Morgan fingerprint density at radius 2 is 1.72 bits per heavy atom. The SMILES string of the molecule is Cc1nn(-c2cccc(C(F)(F)F)c2)c(Cl)c1C=NNc1c(Cl)cc(Cl)cc1Cl. The molecule has 0 bridgehead atoms. The van der Waals surface area contributed by atoms with Crippen LogP contribution in [-0.4, -0.2) is 16.0 Å². The molecule has 4 nitrogen and oxygen atoms in total. The highest BCUT2D eigenvalue weighted by atomic mass is 35.5. The van der Waals surface area contributed by atoms with Crippen molar-refractivity contribution in [1.82, 2.24) is 9.78 Å². The summed E-state index contributed by atoms with van der Waals surface area (Å²) in [7, 11) is 0. The Morgan fingerprint density at radius 3 is 2.34 bits per heavy atom. The summed E-state index contributed by atoms with van der Waals surface area (Å²) in [6.07, 6.45) is -3.11. The highest BCUT2D eigenvalue weighted by Gasteiger charge is 2.30. The van der Waals surface area contributed by atoms with Crippen molar-refractivity contribution in [3.05, 3.63) is 73.4 Å². The lowest BCUT2D eigenvalue weighted by Gasteiger charge is -2.09. The Balaban J connectivity index is 1.90. The second-order valence-electron chi connectivity index (χ2n) is 5.86. The van der Waals surface area contributed by atoms with E-state index < -0.39 is 11.7 Å². The molecule has 0 saturated heterocycles. The minimum absolute atomic E-state index is 0.0978. The number of nitrogens with zero attached hydrogens (tertiary/aromatic N) is 3. The predicted octanol–water partition coefficient (Wildman–Crippen LogP) is 7.26. The van der Waals surface area contributed by atoms with Gasteiger partial charge in [-0.1, -0.05) is 52.5 Å². The summed E-state index contributed by atoms with van der Waals surface area (Å²) >= 11 is 24.3. The molecule has 0 atom stereocenters. The third-order valence-corrected chi connectivity index (χ3v) is 5.02. The second kappa shape index (κ2) is 8.44. The van der Waals surface area contributed by atoms with Crippen LogP contribution < -0.4 is 5.43 Å². The molecule has 0 radical (unpaired) electrons. The lowest BCUT2D eigenvalue weighted by Crippen LogP contribution is -2.06. The molecule has 0 saturated carbocycles. The molecule has 0 aliphatic heterocycles. The molecule has 0 aliphatic rings. The van der Waals surface area contributed by atoms with Crippen molar-refractivity contribution in [2.45, 2.75) is 13.1 Å². The average Bonchev–Trinajstić information content (AvgIpc) is 2.91. The first-order valence-corrected chi connectivity index (χ1v) is 9.45. The van der Waals surface area contributed by atoms with E-state index in [9.17, 15) is 13.2 Å². The van der Waals surface area contributed by atoms with Gasteiger partial charge >= 0.3 is 6.18 Å². The Labute approximate surface area is 183 Å². The van der Waals surface area contributed by atoms with Gasteiger partial charge in [-0.15, -0.1) is 0 Å². The molecule has 2 aromatic carbocycles. The van der Waals surface area contributed by atoms with Crippen molar-refractivity contribution < 1.29 is 13.2 Å². The summed E-state index contributed by atoms with van der Waals surface area (Å²) in [6, 6.07) is 7.68. The maximum absolute atomic E-state index is 13.0. The minimum Gasteiger partial charge on any atom is -0.275 e. The Bertz CT molecular complexity index is 1070. The minimum atomic E-state index is -4.48. The molecular formula is C18H11Cl4F3N4. The molecule has 0 spiro atoms. The fourth-order valence-electron chi connectivity index (χ4n) is 2.45. The van der Waals surface area contributed by atoms with Crippen LogP contribution in [0.25, 0.3) is 5.69 Å². The zero-order valence-electron chi connectivity index (χ0n) is 14.5. The number of rotatable bonds is 4. The first-order valence-electron chi connectivity index (χ1n) is 7.94. The van der Waals surface area contributed by atoms with E-state index in [-0.39, 0.29) is 20.9 Å². The summed E-state index contributed by atoms with van der Waals surface area (Å²) in [5.74, 6) is 0. The monoisotopic (exact) mass is 480 g/mol. The van der Waals surface area contributed by atoms with Gasteiger partial charge in [-0.05, 0) is 37.3 Å². The Kier molecular flexibility index (Phi) is 6.33. The molecule has 0 fully saturated rings. The third-order valence-electron chi connectivity index (χ3n) is 3.84. The van der Waals surface area contributed by atoms with Gasteiger partial charge in [0.05, 0.1) is 44.5 Å². The summed E-state index contributed by atoms with van der Waals surface area (Å²) in [5, 5.41) is 9.25. The number of hydrazone groups is 1. The van der Waals surface area contributed by atoms with Crippen molar-refractivity contribution in [2.24, 2.45) is 5.10 Å². The van der Waals surface area contributed by atoms with Crippen molar-refractivity contribution >= 4 is 58.3 Å². The number of halogens is 7. The van der Waals surface area contributed by atoms with E-state index in [2.05, 4.69) is 15.6 Å². The van der Waals surface area contributed by atoms with Crippen LogP contribution in [0.1, 0.15) is 16.8 Å². The Hall–Kier alpha value is -1.93. The van der Waals surface area contributed by atoms with Crippen molar-refractivity contribution in [1.29, 1.82) is 0 Å². The summed E-state index contributed by atoms with van der Waals surface area (Å²) in [6.45, 7) is 1.65. The van der Waals surface area contributed by atoms with Crippen LogP contribution in [0.15, 0.2) is 41.5 Å². The quantitative estimate of drug-likeness (QED) is 0.314. The highest BCUT2D eigenvalue weighted by Crippen LogP contribution is 2.34. The van der Waals surface area contributed by atoms with Gasteiger partial charge in [-0.2, -0.15) is 23.4 Å². The molecule has 1 heterocycles. The number of hydrogen-bond acceptors (Lipinski definition) is 3. The normalized spacial score (nSPS) is 12.0. The number of benzene rings is 2. The number of nitrogens with one attached hydrogen (secondary N) is 1. The van der Waals surface area contributed by atoms with Crippen LogP contribution in [0.5, 0.6) is 0 Å². The summed E-state index contributed by atoms with van der Waals surface area (Å²) in [5.41, 5.74) is 3.28. The predicted molar refractivity (Wildman–Crippen MR) is 111 cm³/mol. The van der Waals surface area contributed by atoms with Gasteiger partial charge in [0.2, 0.25) is 0 Å². The number of anilines is 1. The number of aromatic nitrogens is 2. The fraction of sp³-hybridized carbons (Fsp3) is 0.111. The summed E-state index contributed by atoms with van der Waals surface area (Å²) in [4.78, 5) is 0. The number of aryl methyl sites for hydroxylation is 1. The van der Waals surface area contributed by atoms with Gasteiger partial charge in [0.15, 0.2) is 0 Å². The highest BCUT2D eigenvalue weighted by molar-refractivity contribution is 6.41. The molecule has 0 amide bonds. The van der Waals surface area contributed by atoms with Crippen LogP contribution in [0, 0.1) is 6.92 Å². The van der Waals surface area contributed by atoms with Gasteiger partial charge in [-0.25, -0.2) is 4.68 Å². The second-order valence-corrected chi connectivity index (χ2v) is 7.47. The van der Waals surface area contributed by atoms with E-state index in [4.69, 9.17) is 46.4 Å². The molecule has 152 valence electrons. The van der Waals surface area contributed by atoms with Crippen LogP contribution in [-0.2, 0) is 6.18 Å². The number of alkyl halides is 3. The van der Waals surface area contributed by atoms with E-state index in [0.717, 1.165) is 12.1 Å².